The van der Waals surface area contributed by atoms with E-state index >= 15 is 0 Å². The highest BCUT2D eigenvalue weighted by atomic mass is 79.9. The lowest BCUT2D eigenvalue weighted by molar-refractivity contribution is 0.278. The molecule has 1 heterocycles. The van der Waals surface area contributed by atoms with Crippen molar-refractivity contribution in [3.63, 3.8) is 0 Å². The molecule has 0 aliphatic heterocycles. The van der Waals surface area contributed by atoms with E-state index < -0.39 is 0 Å². The van der Waals surface area contributed by atoms with Gasteiger partial charge in [-0.2, -0.15) is 4.98 Å². The Morgan fingerprint density at radius 1 is 1.38 bits per heavy atom. The van der Waals surface area contributed by atoms with Crippen LogP contribution in [0.4, 0.5) is 0 Å². The number of aromatic nitrogens is 2. The average molecular weight is 374 g/mol. The highest BCUT2D eigenvalue weighted by Gasteiger charge is 2.18. The summed E-state index contributed by atoms with van der Waals surface area (Å²) >= 11 is 9.56. The zero-order valence-corrected chi connectivity index (χ0v) is 14.4. The Labute approximate surface area is 137 Å². The van der Waals surface area contributed by atoms with Crippen LogP contribution in [0.15, 0.2) is 27.2 Å². The summed E-state index contributed by atoms with van der Waals surface area (Å²) in [7, 11) is 0. The summed E-state index contributed by atoms with van der Waals surface area (Å²) in [6.45, 7) is 6.76. The molecule has 0 saturated carbocycles. The fourth-order valence-corrected chi connectivity index (χ4v) is 2.56. The Morgan fingerprint density at radius 3 is 2.76 bits per heavy atom. The lowest BCUT2D eigenvalue weighted by Gasteiger charge is -2.20. The minimum Gasteiger partial charge on any atom is -0.334 e. The number of hydrogen-bond donors (Lipinski definition) is 1. The molecule has 0 radical (unpaired) electrons. The van der Waals surface area contributed by atoms with Gasteiger partial charge in [0.15, 0.2) is 5.82 Å². The van der Waals surface area contributed by atoms with E-state index in [1.807, 2.05) is 12.1 Å². The Bertz CT molecular complexity index is 600. The molecule has 114 valence electrons. The number of rotatable bonds is 6. The largest absolute Gasteiger partial charge is 0.334 e. The third kappa shape index (κ3) is 4.03. The molecule has 7 heteroatoms. The molecule has 0 aliphatic carbocycles. The second kappa shape index (κ2) is 7.35. The van der Waals surface area contributed by atoms with Crippen molar-refractivity contribution < 1.29 is 4.52 Å². The number of nitrogens with zero attached hydrogens (tertiary/aromatic N) is 3. The van der Waals surface area contributed by atoms with E-state index in [1.54, 1.807) is 6.07 Å². The molecule has 21 heavy (non-hydrogen) atoms. The van der Waals surface area contributed by atoms with Crippen molar-refractivity contribution in [2.75, 3.05) is 19.6 Å². The molecule has 0 aliphatic rings. The first kappa shape index (κ1) is 16.4. The number of benzene rings is 1. The molecule has 2 N–H and O–H groups in total. The van der Waals surface area contributed by atoms with Crippen LogP contribution in [0, 0.1) is 0 Å². The lowest BCUT2D eigenvalue weighted by Crippen LogP contribution is -2.32. The van der Waals surface area contributed by atoms with E-state index in [0.29, 0.717) is 28.8 Å². The van der Waals surface area contributed by atoms with E-state index in [0.717, 1.165) is 17.6 Å². The first-order valence-corrected chi connectivity index (χ1v) is 7.99. The summed E-state index contributed by atoms with van der Waals surface area (Å²) in [5.41, 5.74) is 6.83. The molecule has 0 saturated heterocycles. The van der Waals surface area contributed by atoms with Gasteiger partial charge in [0.1, 0.15) is 0 Å². The third-order valence-corrected chi connectivity index (χ3v) is 4.10. The minimum atomic E-state index is -0.284. The maximum Gasteiger partial charge on any atom is 0.259 e. The van der Waals surface area contributed by atoms with Crippen LogP contribution in [0.3, 0.4) is 0 Å². The van der Waals surface area contributed by atoms with Gasteiger partial charge in [0.05, 0.1) is 16.6 Å². The van der Waals surface area contributed by atoms with Crippen molar-refractivity contribution >= 4 is 27.5 Å². The van der Waals surface area contributed by atoms with Crippen molar-refractivity contribution in [1.82, 2.24) is 15.0 Å². The maximum absolute atomic E-state index is 6.16. The highest BCUT2D eigenvalue weighted by Crippen LogP contribution is 2.30. The highest BCUT2D eigenvalue weighted by molar-refractivity contribution is 9.10. The van der Waals surface area contributed by atoms with E-state index in [9.17, 15) is 0 Å². The van der Waals surface area contributed by atoms with Gasteiger partial charge in [0.25, 0.3) is 5.89 Å². The van der Waals surface area contributed by atoms with Crippen molar-refractivity contribution in [1.29, 1.82) is 0 Å². The second-order valence-electron chi connectivity index (χ2n) is 4.67. The molecule has 1 aromatic heterocycles. The molecule has 2 aromatic rings. The number of halogens is 2. The molecule has 1 aromatic carbocycles. The van der Waals surface area contributed by atoms with Crippen LogP contribution in [0.1, 0.15) is 25.7 Å². The standard InChI is InChI=1S/C14H18BrClN4O/c1-3-20(4-2)8-12(17)13-18-14(21-19-13)10-7-9(15)5-6-11(10)16/h5-7,12H,3-4,8,17H2,1-2H3. The maximum atomic E-state index is 6.16. The first-order valence-electron chi connectivity index (χ1n) is 6.82. The van der Waals surface area contributed by atoms with E-state index in [-0.39, 0.29) is 6.04 Å². The monoisotopic (exact) mass is 372 g/mol. The SMILES string of the molecule is CCN(CC)CC(N)c1noc(-c2cc(Br)ccc2Cl)n1. The molecular formula is C14H18BrClN4O. The number of likely N-dealkylation sites (N-methyl/N-ethyl adjacent to an activating group) is 1. The Morgan fingerprint density at radius 2 is 2.10 bits per heavy atom. The van der Waals surface area contributed by atoms with Crippen LogP contribution in [0.2, 0.25) is 5.02 Å². The second-order valence-corrected chi connectivity index (χ2v) is 6.00. The minimum absolute atomic E-state index is 0.284. The van der Waals surface area contributed by atoms with Crippen molar-refractivity contribution in [2.24, 2.45) is 5.73 Å². The van der Waals surface area contributed by atoms with Crippen LogP contribution in [-0.4, -0.2) is 34.7 Å². The quantitative estimate of drug-likeness (QED) is 0.839. The third-order valence-electron chi connectivity index (χ3n) is 3.28. The smallest absolute Gasteiger partial charge is 0.259 e. The average Bonchev–Trinajstić information content (AvgIpc) is 2.96. The summed E-state index contributed by atoms with van der Waals surface area (Å²) in [6, 6.07) is 5.19. The van der Waals surface area contributed by atoms with Gasteiger partial charge in [-0.1, -0.05) is 46.5 Å². The van der Waals surface area contributed by atoms with E-state index in [4.69, 9.17) is 21.9 Å². The van der Waals surface area contributed by atoms with Gasteiger partial charge in [-0.05, 0) is 31.3 Å². The van der Waals surface area contributed by atoms with Gasteiger partial charge in [-0.3, -0.25) is 0 Å². The zero-order chi connectivity index (χ0) is 15.4. The molecule has 1 unspecified atom stereocenters. The Hall–Kier alpha value is -0.950. The van der Waals surface area contributed by atoms with Crippen LogP contribution in [0.25, 0.3) is 11.5 Å². The molecule has 0 fully saturated rings. The van der Waals surface area contributed by atoms with Crippen molar-refractivity contribution in [3.05, 3.63) is 33.5 Å². The van der Waals surface area contributed by atoms with Crippen molar-refractivity contribution in [3.8, 4) is 11.5 Å². The van der Waals surface area contributed by atoms with Crippen molar-refractivity contribution in [2.45, 2.75) is 19.9 Å². The van der Waals surface area contributed by atoms with Gasteiger partial charge in [-0.25, -0.2) is 0 Å². The predicted octanol–water partition coefficient (Wildman–Crippen LogP) is 3.49. The summed E-state index contributed by atoms with van der Waals surface area (Å²) in [4.78, 5) is 6.58. The molecule has 0 spiro atoms. The zero-order valence-electron chi connectivity index (χ0n) is 12.0. The molecule has 0 bridgehead atoms. The fourth-order valence-electron chi connectivity index (χ4n) is 2.00. The summed E-state index contributed by atoms with van der Waals surface area (Å²) < 4.78 is 6.19. The number of nitrogens with two attached hydrogens (primary N) is 1. The van der Waals surface area contributed by atoms with Crippen LogP contribution >= 0.6 is 27.5 Å². The summed E-state index contributed by atoms with van der Waals surface area (Å²) in [6.07, 6.45) is 0. The Balaban J connectivity index is 2.19. The number of hydrogen-bond acceptors (Lipinski definition) is 5. The van der Waals surface area contributed by atoms with E-state index in [2.05, 4.69) is 44.8 Å². The first-order chi connectivity index (χ1) is 10.0. The topological polar surface area (TPSA) is 68.2 Å². The van der Waals surface area contributed by atoms with Gasteiger partial charge in [0, 0.05) is 11.0 Å². The summed E-state index contributed by atoms with van der Waals surface area (Å²) in [5, 5.41) is 4.53. The van der Waals surface area contributed by atoms with Crippen LogP contribution < -0.4 is 5.73 Å². The van der Waals surface area contributed by atoms with E-state index in [1.165, 1.54) is 0 Å². The van der Waals surface area contributed by atoms with Gasteiger partial charge in [0.2, 0.25) is 0 Å². The van der Waals surface area contributed by atoms with Gasteiger partial charge in [-0.15, -0.1) is 0 Å². The van der Waals surface area contributed by atoms with Gasteiger partial charge >= 0.3 is 0 Å². The van der Waals surface area contributed by atoms with Gasteiger partial charge < -0.3 is 15.2 Å². The predicted molar refractivity (Wildman–Crippen MR) is 87.2 cm³/mol. The normalized spacial score (nSPS) is 12.9. The molecule has 5 nitrogen and oxygen atoms in total. The fraction of sp³-hybridized carbons (Fsp3) is 0.429. The lowest BCUT2D eigenvalue weighted by atomic mass is 10.2. The Kier molecular flexibility index (Phi) is 5.75. The van der Waals surface area contributed by atoms with Crippen LogP contribution in [-0.2, 0) is 0 Å². The molecule has 2 rings (SSSR count). The summed E-state index contributed by atoms with van der Waals surface area (Å²) in [5.74, 6) is 0.874. The van der Waals surface area contributed by atoms with Crippen LogP contribution in [0.5, 0.6) is 0 Å². The molecular weight excluding hydrogens is 356 g/mol. The molecule has 1 atom stereocenters. The molecule has 0 amide bonds.